The minimum absolute atomic E-state index is 0.0569. The molecule has 4 nitrogen and oxygen atoms in total. The van der Waals surface area contributed by atoms with Crippen molar-refractivity contribution in [3.8, 4) is 0 Å². The Bertz CT molecular complexity index is 551. The Morgan fingerprint density at radius 3 is 2.82 bits per heavy atom. The van der Waals surface area contributed by atoms with E-state index in [4.69, 9.17) is 22.1 Å². The Balaban J connectivity index is 2.16. The topological polar surface area (TPSA) is 59.6 Å². The number of nitrogens with one attached hydrogen (secondary N) is 1. The number of guanidine groups is 1. The Hall–Kier alpha value is -1.52. The first-order valence-electron chi connectivity index (χ1n) is 7.54. The van der Waals surface area contributed by atoms with E-state index in [-0.39, 0.29) is 5.41 Å². The van der Waals surface area contributed by atoms with Crippen molar-refractivity contribution in [3.63, 3.8) is 0 Å². The largest absolute Gasteiger partial charge is 0.381 e. The fourth-order valence-corrected chi connectivity index (χ4v) is 2.84. The molecule has 1 fully saturated rings. The SMILES string of the molecule is C=C(C)CNC(N)=NCC1(c2cccc(Cl)c2)CCOCC1. The predicted molar refractivity (Wildman–Crippen MR) is 92.5 cm³/mol. The third kappa shape index (κ3) is 4.49. The summed E-state index contributed by atoms with van der Waals surface area (Å²) in [4.78, 5) is 4.54. The van der Waals surface area contributed by atoms with Crippen LogP contribution >= 0.6 is 11.6 Å². The van der Waals surface area contributed by atoms with Crippen LogP contribution in [0.5, 0.6) is 0 Å². The fourth-order valence-electron chi connectivity index (χ4n) is 2.65. The summed E-state index contributed by atoms with van der Waals surface area (Å²) in [5.74, 6) is 0.455. The molecule has 1 aliphatic rings. The van der Waals surface area contributed by atoms with Crippen molar-refractivity contribution < 1.29 is 4.74 Å². The lowest BCUT2D eigenvalue weighted by molar-refractivity contribution is 0.0531. The molecule has 0 amide bonds. The number of nitrogens with two attached hydrogens (primary N) is 1. The van der Waals surface area contributed by atoms with Crippen LogP contribution in [0.1, 0.15) is 25.3 Å². The summed E-state index contributed by atoms with van der Waals surface area (Å²) in [6.45, 7) is 8.54. The van der Waals surface area contributed by atoms with E-state index in [1.807, 2.05) is 25.1 Å². The maximum absolute atomic E-state index is 6.16. The van der Waals surface area contributed by atoms with Crippen LogP contribution in [0, 0.1) is 0 Å². The van der Waals surface area contributed by atoms with E-state index < -0.39 is 0 Å². The fraction of sp³-hybridized carbons (Fsp3) is 0.471. The molecule has 1 heterocycles. The maximum atomic E-state index is 6.16. The molecule has 0 spiro atoms. The Kier molecular flexibility index (Phi) is 5.86. The zero-order chi connectivity index (χ0) is 16.0. The van der Waals surface area contributed by atoms with E-state index in [1.165, 1.54) is 5.56 Å². The molecule has 0 bridgehead atoms. The second-order valence-corrected chi connectivity index (χ2v) is 6.35. The van der Waals surface area contributed by atoms with Crippen molar-refractivity contribution in [1.29, 1.82) is 0 Å². The molecule has 22 heavy (non-hydrogen) atoms. The monoisotopic (exact) mass is 321 g/mol. The molecule has 0 unspecified atom stereocenters. The van der Waals surface area contributed by atoms with Crippen molar-refractivity contribution in [3.05, 3.63) is 47.0 Å². The van der Waals surface area contributed by atoms with E-state index in [0.29, 0.717) is 19.0 Å². The van der Waals surface area contributed by atoms with Crippen molar-refractivity contribution in [2.75, 3.05) is 26.3 Å². The standard InChI is InChI=1S/C17H24ClN3O/c1-13(2)11-20-16(19)21-12-17(6-8-22-9-7-17)14-4-3-5-15(18)10-14/h3-5,10H,1,6-9,11-12H2,2H3,(H3,19,20,21). The Morgan fingerprint density at radius 1 is 1.45 bits per heavy atom. The molecule has 0 aromatic heterocycles. The first-order valence-corrected chi connectivity index (χ1v) is 7.92. The number of rotatable bonds is 5. The molecule has 0 saturated carbocycles. The average molecular weight is 322 g/mol. The number of aliphatic imine (C=N–C) groups is 1. The summed E-state index contributed by atoms with van der Waals surface area (Å²) in [6.07, 6.45) is 1.84. The molecular formula is C17H24ClN3O. The molecule has 1 aliphatic heterocycles. The number of hydrogen-bond donors (Lipinski definition) is 2. The summed E-state index contributed by atoms with van der Waals surface area (Å²) in [5.41, 5.74) is 8.12. The minimum atomic E-state index is -0.0569. The molecule has 0 atom stereocenters. The van der Waals surface area contributed by atoms with Gasteiger partial charge in [-0.3, -0.25) is 4.99 Å². The minimum Gasteiger partial charge on any atom is -0.381 e. The van der Waals surface area contributed by atoms with Gasteiger partial charge in [0.05, 0.1) is 6.54 Å². The second-order valence-electron chi connectivity index (χ2n) is 5.92. The highest BCUT2D eigenvalue weighted by molar-refractivity contribution is 6.30. The number of nitrogens with zero attached hydrogens (tertiary/aromatic N) is 1. The van der Waals surface area contributed by atoms with E-state index in [9.17, 15) is 0 Å². The highest BCUT2D eigenvalue weighted by Crippen LogP contribution is 2.36. The van der Waals surface area contributed by atoms with Crippen molar-refractivity contribution >= 4 is 17.6 Å². The number of benzene rings is 1. The molecule has 1 saturated heterocycles. The lowest BCUT2D eigenvalue weighted by Gasteiger charge is -2.36. The van der Waals surface area contributed by atoms with Crippen LogP contribution in [0.4, 0.5) is 0 Å². The Morgan fingerprint density at radius 2 is 2.18 bits per heavy atom. The smallest absolute Gasteiger partial charge is 0.188 e. The molecule has 2 rings (SSSR count). The van der Waals surface area contributed by atoms with Crippen LogP contribution in [-0.4, -0.2) is 32.3 Å². The van der Waals surface area contributed by atoms with Gasteiger partial charge in [0.15, 0.2) is 5.96 Å². The van der Waals surface area contributed by atoms with Crippen molar-refractivity contribution in [1.82, 2.24) is 5.32 Å². The van der Waals surface area contributed by atoms with Gasteiger partial charge in [-0.1, -0.05) is 35.9 Å². The van der Waals surface area contributed by atoms with Crippen LogP contribution in [0.2, 0.25) is 5.02 Å². The van der Waals surface area contributed by atoms with Gasteiger partial charge < -0.3 is 15.8 Å². The highest BCUT2D eigenvalue weighted by atomic mass is 35.5. The van der Waals surface area contributed by atoms with Gasteiger partial charge in [0, 0.05) is 30.2 Å². The predicted octanol–water partition coefficient (Wildman–Crippen LogP) is 2.87. The van der Waals surface area contributed by atoms with Gasteiger partial charge >= 0.3 is 0 Å². The van der Waals surface area contributed by atoms with Gasteiger partial charge in [0.2, 0.25) is 0 Å². The second kappa shape index (κ2) is 7.65. The van der Waals surface area contributed by atoms with Gasteiger partial charge in [-0.05, 0) is 37.5 Å². The third-order valence-electron chi connectivity index (χ3n) is 4.01. The summed E-state index contributed by atoms with van der Waals surface area (Å²) in [7, 11) is 0. The number of ether oxygens (including phenoxy) is 1. The van der Waals surface area contributed by atoms with Gasteiger partial charge in [-0.2, -0.15) is 0 Å². The summed E-state index contributed by atoms with van der Waals surface area (Å²) in [5, 5.41) is 3.82. The molecule has 0 aliphatic carbocycles. The molecular weight excluding hydrogens is 298 g/mol. The van der Waals surface area contributed by atoms with Gasteiger partial charge in [0.25, 0.3) is 0 Å². The highest BCUT2D eigenvalue weighted by Gasteiger charge is 2.34. The first-order chi connectivity index (χ1) is 10.5. The lowest BCUT2D eigenvalue weighted by Crippen LogP contribution is -2.39. The van der Waals surface area contributed by atoms with Crippen molar-refractivity contribution in [2.45, 2.75) is 25.2 Å². The third-order valence-corrected chi connectivity index (χ3v) is 4.25. The van der Waals surface area contributed by atoms with Crippen LogP contribution in [-0.2, 0) is 10.2 Å². The maximum Gasteiger partial charge on any atom is 0.188 e. The van der Waals surface area contributed by atoms with E-state index in [1.54, 1.807) is 0 Å². The molecule has 3 N–H and O–H groups in total. The molecule has 5 heteroatoms. The summed E-state index contributed by atoms with van der Waals surface area (Å²) < 4.78 is 5.52. The molecule has 0 radical (unpaired) electrons. The van der Waals surface area contributed by atoms with Gasteiger partial charge in [-0.15, -0.1) is 0 Å². The van der Waals surface area contributed by atoms with Crippen molar-refractivity contribution in [2.24, 2.45) is 10.7 Å². The molecule has 120 valence electrons. The van der Waals surface area contributed by atoms with Crippen LogP contribution in [0.15, 0.2) is 41.4 Å². The summed E-state index contributed by atoms with van der Waals surface area (Å²) >= 11 is 6.16. The van der Waals surface area contributed by atoms with E-state index in [2.05, 4.69) is 23.0 Å². The molecule has 1 aromatic carbocycles. The number of hydrogen-bond acceptors (Lipinski definition) is 2. The van der Waals surface area contributed by atoms with Crippen LogP contribution < -0.4 is 11.1 Å². The summed E-state index contributed by atoms with van der Waals surface area (Å²) in [6, 6.07) is 8.02. The zero-order valence-electron chi connectivity index (χ0n) is 13.1. The van der Waals surface area contributed by atoms with E-state index >= 15 is 0 Å². The lowest BCUT2D eigenvalue weighted by atomic mass is 9.74. The zero-order valence-corrected chi connectivity index (χ0v) is 13.8. The quantitative estimate of drug-likeness (QED) is 0.498. The first kappa shape index (κ1) is 16.8. The average Bonchev–Trinajstić information content (AvgIpc) is 2.52. The van der Waals surface area contributed by atoms with Gasteiger partial charge in [-0.25, -0.2) is 0 Å². The normalized spacial score (nSPS) is 18.0. The van der Waals surface area contributed by atoms with Crippen LogP contribution in [0.25, 0.3) is 0 Å². The molecule has 1 aromatic rings. The van der Waals surface area contributed by atoms with Crippen LogP contribution in [0.3, 0.4) is 0 Å². The number of halogens is 1. The Labute approximate surface area is 137 Å². The van der Waals surface area contributed by atoms with E-state index in [0.717, 1.165) is 36.7 Å². The van der Waals surface area contributed by atoms with Gasteiger partial charge in [0.1, 0.15) is 0 Å².